The van der Waals surface area contributed by atoms with Crippen molar-refractivity contribution in [3.63, 3.8) is 0 Å². The summed E-state index contributed by atoms with van der Waals surface area (Å²) in [5, 5.41) is 2.66. The van der Waals surface area contributed by atoms with E-state index in [0.717, 1.165) is 11.1 Å². The Bertz CT molecular complexity index is 1140. The topological polar surface area (TPSA) is 64.4 Å². The third kappa shape index (κ3) is 3.86. The number of oxazole rings is 1. The predicted octanol–water partition coefficient (Wildman–Crippen LogP) is 4.96. The number of aromatic nitrogens is 1. The first-order valence-corrected chi connectivity index (χ1v) is 8.73. The molecule has 4 aromatic rings. The number of hydrogen-bond donors (Lipinski definition) is 1. The van der Waals surface area contributed by atoms with Gasteiger partial charge in [-0.05, 0) is 61.0 Å². The largest absolute Gasteiger partial charge is 0.483 e. The maximum atomic E-state index is 12.9. The van der Waals surface area contributed by atoms with Crippen molar-refractivity contribution >= 4 is 22.7 Å². The van der Waals surface area contributed by atoms with Gasteiger partial charge in [0.15, 0.2) is 12.2 Å². The molecular weight excluding hydrogens is 359 g/mol. The van der Waals surface area contributed by atoms with Crippen molar-refractivity contribution in [2.75, 3.05) is 11.9 Å². The van der Waals surface area contributed by atoms with E-state index >= 15 is 0 Å². The summed E-state index contributed by atoms with van der Waals surface area (Å²) in [4.78, 5) is 16.7. The second-order valence-corrected chi connectivity index (χ2v) is 6.33. The molecule has 0 radical (unpaired) electrons. The van der Waals surface area contributed by atoms with E-state index in [4.69, 9.17) is 9.15 Å². The van der Waals surface area contributed by atoms with Gasteiger partial charge in [-0.3, -0.25) is 4.79 Å². The lowest BCUT2D eigenvalue weighted by Gasteiger charge is -2.10. The van der Waals surface area contributed by atoms with Crippen LogP contribution < -0.4 is 10.1 Å². The van der Waals surface area contributed by atoms with Crippen molar-refractivity contribution in [1.82, 2.24) is 4.98 Å². The number of hydrogen-bond acceptors (Lipinski definition) is 4. The van der Waals surface area contributed by atoms with Crippen LogP contribution in [0.5, 0.6) is 5.75 Å². The lowest BCUT2D eigenvalue weighted by Crippen LogP contribution is -2.20. The van der Waals surface area contributed by atoms with Crippen LogP contribution in [-0.4, -0.2) is 17.5 Å². The molecule has 0 atom stereocenters. The van der Waals surface area contributed by atoms with Gasteiger partial charge in [0, 0.05) is 5.69 Å². The predicted molar refractivity (Wildman–Crippen MR) is 105 cm³/mol. The molecule has 0 unspecified atom stereocenters. The van der Waals surface area contributed by atoms with Gasteiger partial charge in [-0.1, -0.05) is 18.2 Å². The second kappa shape index (κ2) is 7.52. The van der Waals surface area contributed by atoms with Crippen LogP contribution in [0, 0.1) is 12.7 Å². The van der Waals surface area contributed by atoms with Gasteiger partial charge in [0.1, 0.15) is 17.1 Å². The summed E-state index contributed by atoms with van der Waals surface area (Å²) in [5.74, 6) is 0.196. The fourth-order valence-corrected chi connectivity index (χ4v) is 2.80. The van der Waals surface area contributed by atoms with Crippen LogP contribution in [0.4, 0.5) is 10.1 Å². The maximum Gasteiger partial charge on any atom is 0.262 e. The lowest BCUT2D eigenvalue weighted by molar-refractivity contribution is -0.118. The Morgan fingerprint density at radius 1 is 1.11 bits per heavy atom. The first kappa shape index (κ1) is 17.7. The van der Waals surface area contributed by atoms with E-state index < -0.39 is 0 Å². The number of nitrogens with one attached hydrogen (secondary N) is 1. The summed E-state index contributed by atoms with van der Waals surface area (Å²) in [6.45, 7) is 1.79. The van der Waals surface area contributed by atoms with Gasteiger partial charge in [-0.15, -0.1) is 0 Å². The Hall–Kier alpha value is -3.67. The van der Waals surface area contributed by atoms with Crippen molar-refractivity contribution < 1.29 is 18.3 Å². The molecule has 0 aliphatic carbocycles. The van der Waals surface area contributed by atoms with E-state index in [0.29, 0.717) is 28.5 Å². The zero-order valence-electron chi connectivity index (χ0n) is 15.1. The van der Waals surface area contributed by atoms with Crippen LogP contribution in [0.25, 0.3) is 22.6 Å². The molecule has 5 nitrogen and oxygen atoms in total. The first-order chi connectivity index (χ1) is 13.6. The number of halogens is 1. The van der Waals surface area contributed by atoms with Crippen LogP contribution in [0.1, 0.15) is 5.56 Å². The van der Waals surface area contributed by atoms with E-state index in [1.54, 1.807) is 6.07 Å². The standard InChI is InChI=1S/C22H17FN2O3/c1-14-6-11-20-18(12-14)25-22(28-20)17-4-2-3-5-19(17)27-13-21(26)24-16-9-7-15(23)8-10-16/h2-12H,13H2,1H3,(H,24,26). The van der Waals surface area contributed by atoms with Crippen molar-refractivity contribution in [2.45, 2.75) is 6.92 Å². The van der Waals surface area contributed by atoms with Crippen LogP contribution in [-0.2, 0) is 4.79 Å². The number of fused-ring (bicyclic) bond motifs is 1. The van der Waals surface area contributed by atoms with E-state index in [9.17, 15) is 9.18 Å². The molecule has 1 N–H and O–H groups in total. The van der Waals surface area contributed by atoms with E-state index in [1.807, 2.05) is 43.3 Å². The SMILES string of the molecule is Cc1ccc2oc(-c3ccccc3OCC(=O)Nc3ccc(F)cc3)nc2c1. The number of aryl methyl sites for hydroxylation is 1. The molecule has 0 spiro atoms. The van der Waals surface area contributed by atoms with Crippen molar-refractivity contribution in [1.29, 1.82) is 0 Å². The van der Waals surface area contributed by atoms with E-state index in [1.165, 1.54) is 24.3 Å². The minimum Gasteiger partial charge on any atom is -0.483 e. The highest BCUT2D eigenvalue weighted by molar-refractivity contribution is 5.92. The maximum absolute atomic E-state index is 12.9. The molecule has 0 fully saturated rings. The highest BCUT2D eigenvalue weighted by Gasteiger charge is 2.14. The average Bonchev–Trinajstić information content (AvgIpc) is 3.11. The number of para-hydroxylation sites is 1. The minimum absolute atomic E-state index is 0.201. The molecule has 0 aliphatic rings. The van der Waals surface area contributed by atoms with E-state index in [-0.39, 0.29) is 18.3 Å². The summed E-state index contributed by atoms with van der Waals surface area (Å²) < 4.78 is 24.5. The van der Waals surface area contributed by atoms with Gasteiger partial charge in [-0.25, -0.2) is 9.37 Å². The summed E-state index contributed by atoms with van der Waals surface area (Å²) in [7, 11) is 0. The molecule has 140 valence electrons. The molecule has 1 aromatic heterocycles. The van der Waals surface area contributed by atoms with Gasteiger partial charge in [0.2, 0.25) is 5.89 Å². The quantitative estimate of drug-likeness (QED) is 0.535. The Morgan fingerprint density at radius 2 is 1.89 bits per heavy atom. The number of carbonyl (C=O) groups excluding carboxylic acids is 1. The number of carbonyl (C=O) groups is 1. The molecule has 0 bridgehead atoms. The Balaban J connectivity index is 1.51. The Morgan fingerprint density at radius 3 is 2.71 bits per heavy atom. The summed E-state index contributed by atoms with van der Waals surface area (Å²) in [5.41, 5.74) is 3.70. The third-order valence-corrected chi connectivity index (χ3v) is 4.15. The van der Waals surface area contributed by atoms with Crippen molar-refractivity contribution in [3.8, 4) is 17.2 Å². The number of rotatable bonds is 5. The smallest absolute Gasteiger partial charge is 0.262 e. The van der Waals surface area contributed by atoms with Crippen LogP contribution in [0.15, 0.2) is 71.1 Å². The normalized spacial score (nSPS) is 10.8. The fourth-order valence-electron chi connectivity index (χ4n) is 2.80. The Kier molecular flexibility index (Phi) is 4.76. The zero-order chi connectivity index (χ0) is 19.5. The third-order valence-electron chi connectivity index (χ3n) is 4.15. The fraction of sp³-hybridized carbons (Fsp3) is 0.0909. The molecule has 1 amide bonds. The molecule has 28 heavy (non-hydrogen) atoms. The molecule has 6 heteroatoms. The number of nitrogens with zero attached hydrogens (tertiary/aromatic N) is 1. The minimum atomic E-state index is -0.364. The number of anilines is 1. The first-order valence-electron chi connectivity index (χ1n) is 8.73. The summed E-state index contributed by atoms with van der Waals surface area (Å²) in [6.07, 6.45) is 0. The zero-order valence-corrected chi connectivity index (χ0v) is 15.1. The molecular formula is C22H17FN2O3. The molecule has 4 rings (SSSR count). The monoisotopic (exact) mass is 376 g/mol. The summed E-state index contributed by atoms with van der Waals surface area (Å²) in [6, 6.07) is 18.5. The number of benzene rings is 3. The van der Waals surface area contributed by atoms with E-state index in [2.05, 4.69) is 10.3 Å². The molecule has 1 heterocycles. The number of amides is 1. The highest BCUT2D eigenvalue weighted by Crippen LogP contribution is 2.31. The highest BCUT2D eigenvalue weighted by atomic mass is 19.1. The van der Waals surface area contributed by atoms with Crippen LogP contribution in [0.2, 0.25) is 0 Å². The Labute approximate surface area is 160 Å². The van der Waals surface area contributed by atoms with Gasteiger partial charge < -0.3 is 14.5 Å². The lowest BCUT2D eigenvalue weighted by atomic mass is 10.2. The van der Waals surface area contributed by atoms with Crippen molar-refractivity contribution in [2.24, 2.45) is 0 Å². The molecule has 0 saturated heterocycles. The van der Waals surface area contributed by atoms with Crippen molar-refractivity contribution in [3.05, 3.63) is 78.1 Å². The van der Waals surface area contributed by atoms with Crippen LogP contribution >= 0.6 is 0 Å². The van der Waals surface area contributed by atoms with Gasteiger partial charge in [0.05, 0.1) is 5.56 Å². The van der Waals surface area contributed by atoms with Gasteiger partial charge in [0.25, 0.3) is 5.91 Å². The summed E-state index contributed by atoms with van der Waals surface area (Å²) >= 11 is 0. The molecule has 3 aromatic carbocycles. The van der Waals surface area contributed by atoms with Gasteiger partial charge in [-0.2, -0.15) is 0 Å². The average molecular weight is 376 g/mol. The molecule has 0 saturated carbocycles. The molecule has 0 aliphatic heterocycles. The second-order valence-electron chi connectivity index (χ2n) is 6.33. The van der Waals surface area contributed by atoms with Gasteiger partial charge >= 0.3 is 0 Å². The number of ether oxygens (including phenoxy) is 1. The van der Waals surface area contributed by atoms with Crippen LogP contribution in [0.3, 0.4) is 0 Å².